The molecular weight excluding hydrogens is 483 g/mol. The Morgan fingerprint density at radius 1 is 0.973 bits per heavy atom. The predicted molar refractivity (Wildman–Crippen MR) is 134 cm³/mol. The molecule has 3 aromatic rings. The lowest BCUT2D eigenvalue weighted by atomic mass is 9.89. The van der Waals surface area contributed by atoms with Gasteiger partial charge in [0.2, 0.25) is 5.91 Å². The summed E-state index contributed by atoms with van der Waals surface area (Å²) in [7, 11) is 0. The van der Waals surface area contributed by atoms with Gasteiger partial charge in [0.05, 0.1) is 17.0 Å². The van der Waals surface area contributed by atoms with Crippen LogP contribution in [0.4, 0.5) is 18.9 Å². The minimum absolute atomic E-state index is 0.0946. The van der Waals surface area contributed by atoms with Gasteiger partial charge < -0.3 is 21.1 Å². The van der Waals surface area contributed by atoms with Crippen molar-refractivity contribution in [1.82, 2.24) is 4.90 Å². The van der Waals surface area contributed by atoms with Gasteiger partial charge in [0, 0.05) is 30.9 Å². The molecule has 0 saturated carbocycles. The number of carbonyl (C=O) groups excluding carboxylic acids is 2. The van der Waals surface area contributed by atoms with Crippen LogP contribution in [0.2, 0.25) is 0 Å². The number of hydrogen-bond acceptors (Lipinski definition) is 4. The largest absolute Gasteiger partial charge is 0.508 e. The fraction of sp³-hybridized carbons (Fsp3) is 0.286. The molecule has 1 heterocycles. The van der Waals surface area contributed by atoms with Crippen molar-refractivity contribution in [2.75, 3.05) is 18.4 Å². The van der Waals surface area contributed by atoms with Gasteiger partial charge >= 0.3 is 6.18 Å². The van der Waals surface area contributed by atoms with Gasteiger partial charge in [0.15, 0.2) is 0 Å². The highest BCUT2D eigenvalue weighted by Gasteiger charge is 2.37. The summed E-state index contributed by atoms with van der Waals surface area (Å²) in [4.78, 5) is 27.6. The topological polar surface area (TPSA) is 95.7 Å². The standard InChI is InChI=1S/C28H28F3N3O3/c29-28(30,31)24-16-20(9-10-21(24)27(37)34-12-4-5-13-34)33-26(36)23(14-18-6-2-1-3-7-18)22-15-19(17-32)8-11-25(22)35/h1-3,6-11,15-16,23,35H,4-5,12-14,17,32H2,(H,33,36). The van der Waals surface area contributed by atoms with E-state index in [9.17, 15) is 27.9 Å². The number of likely N-dealkylation sites (tertiary alicyclic amines) is 1. The molecule has 0 radical (unpaired) electrons. The number of hydrogen-bond donors (Lipinski definition) is 3. The number of amides is 2. The fourth-order valence-corrected chi connectivity index (χ4v) is 4.57. The molecule has 1 saturated heterocycles. The third kappa shape index (κ3) is 6.11. The van der Waals surface area contributed by atoms with Crippen molar-refractivity contribution in [2.24, 2.45) is 5.73 Å². The van der Waals surface area contributed by atoms with Gasteiger partial charge in [-0.2, -0.15) is 13.2 Å². The maximum Gasteiger partial charge on any atom is 0.417 e. The predicted octanol–water partition coefficient (Wildman–Crippen LogP) is 5.07. The van der Waals surface area contributed by atoms with Crippen molar-refractivity contribution in [3.63, 3.8) is 0 Å². The Morgan fingerprint density at radius 3 is 2.32 bits per heavy atom. The molecule has 9 heteroatoms. The van der Waals surface area contributed by atoms with Crippen LogP contribution in [-0.4, -0.2) is 34.9 Å². The molecule has 4 N–H and O–H groups in total. The highest BCUT2D eigenvalue weighted by atomic mass is 19.4. The smallest absolute Gasteiger partial charge is 0.417 e. The second-order valence-corrected chi connectivity index (χ2v) is 9.09. The van der Waals surface area contributed by atoms with Crippen LogP contribution in [0, 0.1) is 0 Å². The molecule has 0 aromatic heterocycles. The van der Waals surface area contributed by atoms with E-state index in [2.05, 4.69) is 5.32 Å². The molecule has 37 heavy (non-hydrogen) atoms. The third-order valence-corrected chi connectivity index (χ3v) is 6.52. The monoisotopic (exact) mass is 511 g/mol. The van der Waals surface area contributed by atoms with Gasteiger partial charge in [-0.3, -0.25) is 9.59 Å². The maximum atomic E-state index is 13.9. The van der Waals surface area contributed by atoms with Crippen molar-refractivity contribution in [3.05, 3.63) is 94.5 Å². The zero-order valence-corrected chi connectivity index (χ0v) is 20.1. The van der Waals surface area contributed by atoms with E-state index in [4.69, 9.17) is 5.73 Å². The Morgan fingerprint density at radius 2 is 1.68 bits per heavy atom. The maximum absolute atomic E-state index is 13.9. The van der Waals surface area contributed by atoms with E-state index in [0.717, 1.165) is 30.5 Å². The molecule has 0 aliphatic carbocycles. The van der Waals surface area contributed by atoms with E-state index in [1.54, 1.807) is 12.1 Å². The summed E-state index contributed by atoms with van der Waals surface area (Å²) in [6.07, 6.45) is -3.08. The van der Waals surface area contributed by atoms with Crippen LogP contribution >= 0.6 is 0 Å². The molecule has 6 nitrogen and oxygen atoms in total. The number of carbonyl (C=O) groups is 2. The van der Waals surface area contributed by atoms with Crippen LogP contribution in [0.1, 0.15) is 51.4 Å². The summed E-state index contributed by atoms with van der Waals surface area (Å²) in [6, 6.07) is 17.0. The summed E-state index contributed by atoms with van der Waals surface area (Å²) in [5.74, 6) is -2.29. The van der Waals surface area contributed by atoms with E-state index in [1.165, 1.54) is 17.0 Å². The van der Waals surface area contributed by atoms with Crippen LogP contribution in [0.3, 0.4) is 0 Å². The Bertz CT molecular complexity index is 1270. The zero-order valence-electron chi connectivity index (χ0n) is 20.1. The summed E-state index contributed by atoms with van der Waals surface area (Å²) < 4.78 is 41.8. The number of nitrogens with two attached hydrogens (primary N) is 1. The van der Waals surface area contributed by atoms with Crippen LogP contribution in [0.25, 0.3) is 0 Å². The number of phenolic OH excluding ortho intramolecular Hbond substituents is 1. The fourth-order valence-electron chi connectivity index (χ4n) is 4.57. The average Bonchev–Trinajstić information content (AvgIpc) is 3.42. The highest BCUT2D eigenvalue weighted by Crippen LogP contribution is 2.36. The lowest BCUT2D eigenvalue weighted by Crippen LogP contribution is -2.30. The quantitative estimate of drug-likeness (QED) is 0.413. The molecule has 0 spiro atoms. The lowest BCUT2D eigenvalue weighted by molar-refractivity contribution is -0.138. The minimum Gasteiger partial charge on any atom is -0.508 e. The first-order chi connectivity index (χ1) is 17.7. The molecule has 2 amide bonds. The molecule has 1 aliphatic heterocycles. The lowest BCUT2D eigenvalue weighted by Gasteiger charge is -2.21. The SMILES string of the molecule is NCc1ccc(O)c(C(Cc2ccccc2)C(=O)Nc2ccc(C(=O)N3CCCC3)c(C(F)(F)F)c2)c1. The summed E-state index contributed by atoms with van der Waals surface area (Å²) in [5.41, 5.74) is 5.93. The summed E-state index contributed by atoms with van der Waals surface area (Å²) in [6.45, 7) is 1.02. The van der Waals surface area contributed by atoms with E-state index < -0.39 is 35.0 Å². The van der Waals surface area contributed by atoms with E-state index in [0.29, 0.717) is 24.2 Å². The molecule has 194 valence electrons. The first kappa shape index (κ1) is 26.2. The molecule has 1 unspecified atom stereocenters. The second-order valence-electron chi connectivity index (χ2n) is 9.09. The van der Waals surface area contributed by atoms with E-state index in [-0.39, 0.29) is 24.4 Å². The molecule has 3 aromatic carbocycles. The number of anilines is 1. The molecular formula is C28H28F3N3O3. The number of aromatic hydroxyl groups is 1. The number of rotatable bonds is 7. The molecule has 1 aliphatic rings. The highest BCUT2D eigenvalue weighted by molar-refractivity contribution is 5.99. The number of halogens is 3. The van der Waals surface area contributed by atoms with Crippen molar-refractivity contribution < 1.29 is 27.9 Å². The number of phenols is 1. The second kappa shape index (κ2) is 11.0. The van der Waals surface area contributed by atoms with Gasteiger partial charge in [-0.15, -0.1) is 0 Å². The molecule has 1 fully saturated rings. The average molecular weight is 512 g/mol. The van der Waals surface area contributed by atoms with E-state index >= 15 is 0 Å². The number of nitrogens with one attached hydrogen (secondary N) is 1. The summed E-state index contributed by atoms with van der Waals surface area (Å²) in [5, 5.41) is 13.1. The Labute approximate surface area is 212 Å². The molecule has 0 bridgehead atoms. The van der Waals surface area contributed by atoms with Crippen molar-refractivity contribution in [1.29, 1.82) is 0 Å². The van der Waals surface area contributed by atoms with Crippen molar-refractivity contribution >= 4 is 17.5 Å². The Balaban J connectivity index is 1.67. The Kier molecular flexibility index (Phi) is 7.83. The van der Waals surface area contributed by atoms with E-state index in [1.807, 2.05) is 30.3 Å². The van der Waals surface area contributed by atoms with Crippen LogP contribution in [0.15, 0.2) is 66.7 Å². The van der Waals surface area contributed by atoms with Gasteiger partial charge in [0.25, 0.3) is 5.91 Å². The summed E-state index contributed by atoms with van der Waals surface area (Å²) >= 11 is 0. The normalized spacial score (nSPS) is 14.4. The van der Waals surface area contributed by atoms with Gasteiger partial charge in [-0.05, 0) is 54.7 Å². The third-order valence-electron chi connectivity index (χ3n) is 6.52. The van der Waals surface area contributed by atoms with Crippen LogP contribution in [0.5, 0.6) is 5.75 Å². The minimum atomic E-state index is -4.79. The number of nitrogens with zero attached hydrogens (tertiary/aromatic N) is 1. The Hall–Kier alpha value is -3.85. The number of benzene rings is 3. The zero-order chi connectivity index (χ0) is 26.6. The first-order valence-electron chi connectivity index (χ1n) is 12.0. The molecule has 1 atom stereocenters. The van der Waals surface area contributed by atoms with Crippen molar-refractivity contribution in [2.45, 2.75) is 37.9 Å². The molecule has 4 rings (SSSR count). The van der Waals surface area contributed by atoms with Gasteiger partial charge in [-0.1, -0.05) is 42.5 Å². The van der Waals surface area contributed by atoms with Crippen LogP contribution in [-0.2, 0) is 23.9 Å². The van der Waals surface area contributed by atoms with Crippen molar-refractivity contribution in [3.8, 4) is 5.75 Å². The van der Waals surface area contributed by atoms with Crippen LogP contribution < -0.4 is 11.1 Å². The number of alkyl halides is 3. The van der Waals surface area contributed by atoms with Gasteiger partial charge in [0.1, 0.15) is 5.75 Å². The van der Waals surface area contributed by atoms with Gasteiger partial charge in [-0.25, -0.2) is 0 Å². The first-order valence-corrected chi connectivity index (χ1v) is 12.0.